The molecule has 0 aromatic heterocycles. The molecule has 0 saturated carbocycles. The molecular formula is C16H26N2O. The van der Waals surface area contributed by atoms with E-state index in [1.54, 1.807) is 0 Å². The van der Waals surface area contributed by atoms with Gasteiger partial charge in [-0.1, -0.05) is 32.0 Å². The fourth-order valence-corrected chi connectivity index (χ4v) is 2.36. The number of fused-ring (bicyclic) bond motifs is 1. The third-order valence-electron chi connectivity index (χ3n) is 3.35. The first-order valence-electron chi connectivity index (χ1n) is 7.41. The monoisotopic (exact) mass is 262 g/mol. The Bertz CT molecular complexity index is 354. The van der Waals surface area contributed by atoms with Crippen molar-refractivity contribution in [2.75, 3.05) is 26.2 Å². The lowest BCUT2D eigenvalue weighted by Gasteiger charge is -2.12. The summed E-state index contributed by atoms with van der Waals surface area (Å²) in [7, 11) is 0. The zero-order valence-electron chi connectivity index (χ0n) is 12.1. The van der Waals surface area contributed by atoms with Gasteiger partial charge in [-0.3, -0.25) is 0 Å². The van der Waals surface area contributed by atoms with Crippen molar-refractivity contribution in [1.29, 1.82) is 0 Å². The molecule has 0 fully saturated rings. The molecule has 1 aliphatic rings. The molecule has 106 valence electrons. The van der Waals surface area contributed by atoms with E-state index in [-0.39, 0.29) is 0 Å². The van der Waals surface area contributed by atoms with E-state index in [1.165, 1.54) is 12.0 Å². The van der Waals surface area contributed by atoms with E-state index in [4.69, 9.17) is 4.74 Å². The van der Waals surface area contributed by atoms with Gasteiger partial charge in [-0.2, -0.15) is 0 Å². The first-order chi connectivity index (χ1) is 9.25. The van der Waals surface area contributed by atoms with E-state index < -0.39 is 0 Å². The number of rotatable bonds is 8. The van der Waals surface area contributed by atoms with E-state index >= 15 is 0 Å². The lowest BCUT2D eigenvalue weighted by molar-refractivity contribution is 0.227. The highest BCUT2D eigenvalue weighted by molar-refractivity contribution is 5.37. The third-order valence-corrected chi connectivity index (χ3v) is 3.35. The second-order valence-corrected chi connectivity index (χ2v) is 5.71. The second-order valence-electron chi connectivity index (χ2n) is 5.71. The Kier molecular flexibility index (Phi) is 5.67. The van der Waals surface area contributed by atoms with Gasteiger partial charge in [-0.15, -0.1) is 0 Å². The Labute approximate surface area is 116 Å². The van der Waals surface area contributed by atoms with Gasteiger partial charge in [0, 0.05) is 13.0 Å². The van der Waals surface area contributed by atoms with Gasteiger partial charge < -0.3 is 15.4 Å². The molecule has 2 rings (SSSR count). The van der Waals surface area contributed by atoms with Crippen LogP contribution in [-0.4, -0.2) is 32.3 Å². The predicted octanol–water partition coefficient (Wildman–Crippen LogP) is 2.22. The average Bonchev–Trinajstić information content (AvgIpc) is 2.79. The summed E-state index contributed by atoms with van der Waals surface area (Å²) >= 11 is 0. The largest absolute Gasteiger partial charge is 0.488 e. The van der Waals surface area contributed by atoms with Crippen LogP contribution in [-0.2, 0) is 6.42 Å². The Balaban J connectivity index is 1.52. The zero-order valence-corrected chi connectivity index (χ0v) is 12.1. The first kappa shape index (κ1) is 14.4. The van der Waals surface area contributed by atoms with E-state index in [2.05, 4.69) is 42.7 Å². The van der Waals surface area contributed by atoms with E-state index in [0.717, 1.165) is 44.3 Å². The fourth-order valence-electron chi connectivity index (χ4n) is 2.36. The summed E-state index contributed by atoms with van der Waals surface area (Å²) < 4.78 is 5.89. The molecule has 1 aromatic rings. The Morgan fingerprint density at radius 1 is 1.21 bits per heavy atom. The Hall–Kier alpha value is -1.06. The smallest absolute Gasteiger partial charge is 0.123 e. The van der Waals surface area contributed by atoms with E-state index in [1.807, 2.05) is 6.07 Å². The van der Waals surface area contributed by atoms with Crippen molar-refractivity contribution < 1.29 is 4.74 Å². The molecule has 2 N–H and O–H groups in total. The van der Waals surface area contributed by atoms with Crippen molar-refractivity contribution in [1.82, 2.24) is 10.6 Å². The van der Waals surface area contributed by atoms with Gasteiger partial charge in [0.2, 0.25) is 0 Å². The Morgan fingerprint density at radius 3 is 2.79 bits per heavy atom. The molecule has 1 aliphatic heterocycles. The van der Waals surface area contributed by atoms with Gasteiger partial charge in [-0.25, -0.2) is 0 Å². The van der Waals surface area contributed by atoms with Crippen LogP contribution in [0.3, 0.4) is 0 Å². The SMILES string of the molecule is CC(C)CNCCCNCC1Cc2ccccc2O1. The standard InChI is InChI=1S/C16H26N2O/c1-13(2)11-17-8-5-9-18-12-15-10-14-6-3-4-7-16(14)19-15/h3-4,6-7,13,15,17-18H,5,8-12H2,1-2H3. The number of para-hydroxylation sites is 1. The maximum Gasteiger partial charge on any atom is 0.123 e. The maximum atomic E-state index is 5.89. The summed E-state index contributed by atoms with van der Waals surface area (Å²) in [6, 6.07) is 8.34. The van der Waals surface area contributed by atoms with Crippen molar-refractivity contribution in [2.24, 2.45) is 5.92 Å². The Morgan fingerprint density at radius 2 is 2.00 bits per heavy atom. The molecule has 0 bridgehead atoms. The first-order valence-corrected chi connectivity index (χ1v) is 7.41. The van der Waals surface area contributed by atoms with Crippen LogP contribution < -0.4 is 15.4 Å². The molecular weight excluding hydrogens is 236 g/mol. The maximum absolute atomic E-state index is 5.89. The van der Waals surface area contributed by atoms with Crippen LogP contribution in [0.2, 0.25) is 0 Å². The van der Waals surface area contributed by atoms with Crippen molar-refractivity contribution in [3.8, 4) is 5.75 Å². The van der Waals surface area contributed by atoms with Gasteiger partial charge in [0.1, 0.15) is 11.9 Å². The van der Waals surface area contributed by atoms with Crippen molar-refractivity contribution >= 4 is 0 Å². The molecule has 0 saturated heterocycles. The van der Waals surface area contributed by atoms with Gasteiger partial charge in [0.05, 0.1) is 0 Å². The molecule has 3 nitrogen and oxygen atoms in total. The van der Waals surface area contributed by atoms with Gasteiger partial charge in [0.25, 0.3) is 0 Å². The molecule has 1 unspecified atom stereocenters. The molecule has 0 aliphatic carbocycles. The van der Waals surface area contributed by atoms with Gasteiger partial charge in [-0.05, 0) is 43.6 Å². The normalized spacial score (nSPS) is 17.5. The zero-order chi connectivity index (χ0) is 13.5. The van der Waals surface area contributed by atoms with E-state index in [9.17, 15) is 0 Å². The minimum Gasteiger partial charge on any atom is -0.488 e. The molecule has 0 radical (unpaired) electrons. The number of hydrogen-bond acceptors (Lipinski definition) is 3. The molecule has 1 heterocycles. The van der Waals surface area contributed by atoms with Gasteiger partial charge >= 0.3 is 0 Å². The molecule has 1 atom stereocenters. The second kappa shape index (κ2) is 7.51. The third kappa shape index (κ3) is 4.84. The topological polar surface area (TPSA) is 33.3 Å². The minimum absolute atomic E-state index is 0.307. The summed E-state index contributed by atoms with van der Waals surface area (Å²) in [6.07, 6.45) is 2.52. The van der Waals surface area contributed by atoms with Crippen molar-refractivity contribution in [3.63, 3.8) is 0 Å². The quantitative estimate of drug-likeness (QED) is 0.705. The lowest BCUT2D eigenvalue weighted by Crippen LogP contribution is -2.32. The molecule has 1 aromatic carbocycles. The molecule has 0 amide bonds. The fraction of sp³-hybridized carbons (Fsp3) is 0.625. The summed E-state index contributed by atoms with van der Waals surface area (Å²) in [6.45, 7) is 8.68. The van der Waals surface area contributed by atoms with Crippen LogP contribution in [0.4, 0.5) is 0 Å². The molecule has 19 heavy (non-hydrogen) atoms. The summed E-state index contributed by atoms with van der Waals surface area (Å²) in [4.78, 5) is 0. The average molecular weight is 262 g/mol. The molecule has 3 heteroatoms. The highest BCUT2D eigenvalue weighted by Gasteiger charge is 2.21. The number of nitrogens with one attached hydrogen (secondary N) is 2. The number of hydrogen-bond donors (Lipinski definition) is 2. The van der Waals surface area contributed by atoms with Crippen molar-refractivity contribution in [2.45, 2.75) is 32.8 Å². The van der Waals surface area contributed by atoms with Crippen LogP contribution in [0.25, 0.3) is 0 Å². The van der Waals surface area contributed by atoms with Crippen molar-refractivity contribution in [3.05, 3.63) is 29.8 Å². The highest BCUT2D eigenvalue weighted by Crippen LogP contribution is 2.27. The lowest BCUT2D eigenvalue weighted by atomic mass is 10.1. The van der Waals surface area contributed by atoms with Crippen LogP contribution in [0, 0.1) is 5.92 Å². The highest BCUT2D eigenvalue weighted by atomic mass is 16.5. The van der Waals surface area contributed by atoms with Crippen LogP contribution in [0.5, 0.6) is 5.75 Å². The predicted molar refractivity (Wildman–Crippen MR) is 79.8 cm³/mol. The van der Waals surface area contributed by atoms with E-state index in [0.29, 0.717) is 6.10 Å². The minimum atomic E-state index is 0.307. The summed E-state index contributed by atoms with van der Waals surface area (Å²) in [5, 5.41) is 6.94. The van der Waals surface area contributed by atoms with Crippen LogP contribution >= 0.6 is 0 Å². The summed E-state index contributed by atoms with van der Waals surface area (Å²) in [5.74, 6) is 1.80. The molecule has 0 spiro atoms. The van der Waals surface area contributed by atoms with Crippen LogP contribution in [0.1, 0.15) is 25.8 Å². The number of benzene rings is 1. The number of ether oxygens (including phenoxy) is 1. The van der Waals surface area contributed by atoms with Crippen LogP contribution in [0.15, 0.2) is 24.3 Å². The van der Waals surface area contributed by atoms with Gasteiger partial charge in [0.15, 0.2) is 0 Å². The summed E-state index contributed by atoms with van der Waals surface area (Å²) in [5.41, 5.74) is 1.34.